The van der Waals surface area contributed by atoms with Crippen molar-refractivity contribution in [3.05, 3.63) is 36.9 Å². The Morgan fingerprint density at radius 1 is 1.37 bits per heavy atom. The van der Waals surface area contributed by atoms with Crippen molar-refractivity contribution in [3.63, 3.8) is 0 Å². The summed E-state index contributed by atoms with van der Waals surface area (Å²) in [4.78, 5) is 31.3. The molecule has 0 aromatic heterocycles. The summed E-state index contributed by atoms with van der Waals surface area (Å²) in [7, 11) is -2.09. The van der Waals surface area contributed by atoms with Crippen molar-refractivity contribution in [2.45, 2.75) is 6.92 Å². The number of hydrogen-bond donors (Lipinski definition) is 3. The molecule has 0 amide bonds. The molecular formula is C12H13O6P. The average Bonchev–Trinajstić information content (AvgIpc) is 2.37. The maximum absolute atomic E-state index is 11.6. The molecule has 0 bridgehead atoms. The molecule has 1 rings (SSSR count). The van der Waals surface area contributed by atoms with E-state index in [1.807, 2.05) is 0 Å². The third kappa shape index (κ3) is 6.35. The number of carboxylic acid groups (broad SMARTS) is 2. The lowest BCUT2D eigenvalue weighted by Crippen LogP contribution is -2.16. The van der Waals surface area contributed by atoms with Gasteiger partial charge in [0.05, 0.1) is 0 Å². The van der Waals surface area contributed by atoms with Crippen LogP contribution in [0.1, 0.15) is 6.92 Å². The van der Waals surface area contributed by atoms with Gasteiger partial charge in [-0.05, 0) is 12.1 Å². The van der Waals surface area contributed by atoms with Gasteiger partial charge in [0.15, 0.2) is 0 Å². The zero-order valence-electron chi connectivity index (χ0n) is 10.1. The Morgan fingerprint density at radius 2 is 1.89 bits per heavy atom. The van der Waals surface area contributed by atoms with Crippen LogP contribution in [-0.4, -0.2) is 32.6 Å². The highest BCUT2D eigenvalue weighted by molar-refractivity contribution is 7.61. The van der Waals surface area contributed by atoms with E-state index in [-0.39, 0.29) is 11.0 Å². The van der Waals surface area contributed by atoms with Crippen LogP contribution in [0.5, 0.6) is 5.75 Å². The molecule has 3 N–H and O–H groups in total. The van der Waals surface area contributed by atoms with E-state index in [1.54, 1.807) is 0 Å². The van der Waals surface area contributed by atoms with E-state index in [1.165, 1.54) is 31.2 Å². The summed E-state index contributed by atoms with van der Waals surface area (Å²) in [5.41, 5.74) is 0. The molecule has 0 radical (unpaired) electrons. The summed E-state index contributed by atoms with van der Waals surface area (Å²) in [6.07, 6.45) is 0.833. The maximum Gasteiger partial charge on any atom is 0.374 e. The molecule has 0 fully saturated rings. The maximum atomic E-state index is 11.6. The lowest BCUT2D eigenvalue weighted by Gasteiger charge is -2.00. The van der Waals surface area contributed by atoms with Gasteiger partial charge in [0.1, 0.15) is 18.8 Å². The van der Waals surface area contributed by atoms with Crippen LogP contribution in [0, 0.1) is 0 Å². The van der Waals surface area contributed by atoms with Crippen LogP contribution in [-0.2, 0) is 9.59 Å². The van der Waals surface area contributed by atoms with Crippen LogP contribution < -0.4 is 10.2 Å². The van der Waals surface area contributed by atoms with Gasteiger partial charge in [-0.2, -0.15) is 0 Å². The van der Waals surface area contributed by atoms with E-state index in [0.29, 0.717) is 5.30 Å². The molecular weight excluding hydrogens is 271 g/mol. The minimum atomic E-state index is -2.09. The van der Waals surface area contributed by atoms with E-state index >= 15 is 0 Å². The van der Waals surface area contributed by atoms with Crippen LogP contribution in [0.2, 0.25) is 0 Å². The summed E-state index contributed by atoms with van der Waals surface area (Å²) in [5, 5.41) is 25.5. The molecule has 0 heterocycles. The fourth-order valence-electron chi connectivity index (χ4n) is 0.900. The molecule has 102 valence electrons. The largest absolute Gasteiger partial charge is 0.625 e. The number of phenols is 1. The summed E-state index contributed by atoms with van der Waals surface area (Å²) in [5.74, 6) is -2.19. The van der Waals surface area contributed by atoms with E-state index in [9.17, 15) is 14.5 Å². The van der Waals surface area contributed by atoms with Crippen molar-refractivity contribution in [1.29, 1.82) is 0 Å². The number of carboxylic acids is 2. The second-order valence-corrected chi connectivity index (χ2v) is 5.02. The third-order valence-corrected chi connectivity index (χ3v) is 3.40. The first-order valence-corrected chi connectivity index (χ1v) is 6.24. The van der Waals surface area contributed by atoms with Gasteiger partial charge >= 0.3 is 11.9 Å². The molecule has 0 saturated heterocycles. The molecule has 1 unspecified atom stereocenters. The zero-order chi connectivity index (χ0) is 15.0. The number of hydrogen-bond acceptors (Lipinski definition) is 4. The van der Waals surface area contributed by atoms with Crippen LogP contribution >= 0.6 is 7.77 Å². The Kier molecular flexibility index (Phi) is 7.11. The summed E-state index contributed by atoms with van der Waals surface area (Å²) in [6.45, 7) is 4.26. The van der Waals surface area contributed by atoms with E-state index in [2.05, 4.69) is 6.58 Å². The highest BCUT2D eigenvalue weighted by Crippen LogP contribution is 2.17. The highest BCUT2D eigenvalue weighted by atomic mass is 31.1. The number of rotatable bonds is 3. The summed E-state index contributed by atoms with van der Waals surface area (Å²) < 4.78 is 0. The average molecular weight is 284 g/mol. The van der Waals surface area contributed by atoms with Gasteiger partial charge in [-0.15, -0.1) is 0 Å². The van der Waals surface area contributed by atoms with Crippen LogP contribution in [0.3, 0.4) is 0 Å². The molecule has 0 aliphatic heterocycles. The van der Waals surface area contributed by atoms with Gasteiger partial charge in [-0.25, -0.2) is 9.59 Å². The van der Waals surface area contributed by atoms with E-state index in [0.717, 1.165) is 6.08 Å². The lowest BCUT2D eigenvalue weighted by atomic mass is 10.3. The van der Waals surface area contributed by atoms with E-state index in [4.69, 9.17) is 15.3 Å². The van der Waals surface area contributed by atoms with Gasteiger partial charge in [0.2, 0.25) is 5.29 Å². The molecule has 0 spiro atoms. The molecule has 0 aliphatic carbocycles. The molecule has 7 heteroatoms. The fraction of sp³-hybridized carbons (Fsp3) is 0.0833. The van der Waals surface area contributed by atoms with Crippen molar-refractivity contribution >= 4 is 30.3 Å². The van der Waals surface area contributed by atoms with Crippen molar-refractivity contribution in [3.8, 4) is 5.75 Å². The van der Waals surface area contributed by atoms with Gasteiger partial charge in [-0.1, -0.05) is 12.6 Å². The van der Waals surface area contributed by atoms with Crippen LogP contribution in [0.4, 0.5) is 0 Å². The predicted octanol–water partition coefficient (Wildman–Crippen LogP) is 0.309. The van der Waals surface area contributed by atoms with Gasteiger partial charge in [0.25, 0.3) is 0 Å². The summed E-state index contributed by atoms with van der Waals surface area (Å²) >= 11 is 0. The molecule has 6 nitrogen and oxygen atoms in total. The van der Waals surface area contributed by atoms with Gasteiger partial charge in [-0.3, -0.25) is 0 Å². The predicted molar refractivity (Wildman–Crippen MR) is 70.8 cm³/mol. The SMILES string of the molecule is C/C(C(=O)O)=[P+](/[O-])c1cccc(O)c1.C=CC(=O)O. The normalized spacial score (nSPS) is 10.6. The first kappa shape index (κ1) is 16.8. The Hall–Kier alpha value is -2.17. The van der Waals surface area contributed by atoms with E-state index < -0.39 is 19.7 Å². The summed E-state index contributed by atoms with van der Waals surface area (Å²) in [6, 6.07) is 5.77. The van der Waals surface area contributed by atoms with Crippen molar-refractivity contribution in [1.82, 2.24) is 0 Å². The fourth-order valence-corrected chi connectivity index (χ4v) is 1.93. The second-order valence-electron chi connectivity index (χ2n) is 3.25. The molecule has 1 aromatic carbocycles. The molecule has 19 heavy (non-hydrogen) atoms. The Labute approximate surface area is 110 Å². The quantitative estimate of drug-likeness (QED) is 0.543. The lowest BCUT2D eigenvalue weighted by molar-refractivity contribution is -0.150. The number of benzene rings is 1. The smallest absolute Gasteiger partial charge is 0.374 e. The molecule has 1 aromatic rings. The minimum Gasteiger partial charge on any atom is -0.625 e. The van der Waals surface area contributed by atoms with Crippen molar-refractivity contribution in [2.24, 2.45) is 0 Å². The zero-order valence-corrected chi connectivity index (χ0v) is 11.0. The first-order valence-electron chi connectivity index (χ1n) is 4.98. The minimum absolute atomic E-state index is 0.0240. The number of aromatic hydroxyl groups is 1. The highest BCUT2D eigenvalue weighted by Gasteiger charge is 2.15. The number of carbonyl (C=O) groups is 2. The van der Waals surface area contributed by atoms with Crippen molar-refractivity contribution in [2.75, 3.05) is 0 Å². The number of phenolic OH excluding ortho intramolecular Hbond substituents is 1. The molecule has 0 aliphatic rings. The van der Waals surface area contributed by atoms with Crippen LogP contribution in [0.15, 0.2) is 36.9 Å². The van der Waals surface area contributed by atoms with Crippen molar-refractivity contribution < 1.29 is 29.8 Å². The Balaban J connectivity index is 0.000000555. The van der Waals surface area contributed by atoms with Gasteiger partial charge in [0, 0.05) is 19.1 Å². The second kappa shape index (κ2) is 8.02. The van der Waals surface area contributed by atoms with Gasteiger partial charge < -0.3 is 20.2 Å². The molecule has 0 saturated carbocycles. The molecule has 1 atom stereocenters. The topological polar surface area (TPSA) is 118 Å². The Morgan fingerprint density at radius 3 is 2.26 bits per heavy atom. The monoisotopic (exact) mass is 284 g/mol. The Bertz CT molecular complexity index is 521. The first-order chi connectivity index (χ1) is 8.79. The van der Waals surface area contributed by atoms with Crippen LogP contribution in [0.25, 0.3) is 0 Å². The third-order valence-electron chi connectivity index (χ3n) is 1.85. The standard InChI is InChI=1S/C9H9O4P.C3H4O2/c1-6(9(11)12)14(13)8-4-2-3-7(10)5-8;1-2-3(4)5/h2-5,10H,1H3,(H,11,12);2H,1H2,(H,4,5). The number of aliphatic carboxylic acids is 2.